The molecule has 1 aliphatic rings. The molecule has 2 rings (SSSR count). The fourth-order valence-corrected chi connectivity index (χ4v) is 2.32. The van der Waals surface area contributed by atoms with Crippen LogP contribution in [0.5, 0.6) is 0 Å². The quantitative estimate of drug-likeness (QED) is 0.776. The van der Waals surface area contributed by atoms with E-state index in [0.717, 1.165) is 30.8 Å². The van der Waals surface area contributed by atoms with Gasteiger partial charge in [-0.15, -0.1) is 0 Å². The summed E-state index contributed by atoms with van der Waals surface area (Å²) in [6.45, 7) is 4.22. The minimum atomic E-state index is -0.562. The van der Waals surface area contributed by atoms with Gasteiger partial charge < -0.3 is 10.8 Å². The Balaban J connectivity index is 2.07. The molecular weight excluding hydrogens is 224 g/mol. The van der Waals surface area contributed by atoms with Crippen LogP contribution in [0.2, 0.25) is 5.02 Å². The minimum Gasteiger partial charge on any atom is -0.398 e. The van der Waals surface area contributed by atoms with Crippen molar-refractivity contribution in [1.29, 1.82) is 0 Å². The first-order valence-corrected chi connectivity index (χ1v) is 5.83. The molecule has 1 aromatic carbocycles. The number of likely N-dealkylation sites (tertiary alicyclic amines) is 1. The lowest BCUT2D eigenvalue weighted by Crippen LogP contribution is -2.29. The van der Waals surface area contributed by atoms with E-state index in [-0.39, 0.29) is 0 Å². The number of hydrogen-bond donors (Lipinski definition) is 2. The fraction of sp³-hybridized carbons (Fsp3) is 0.500. The molecule has 0 spiro atoms. The van der Waals surface area contributed by atoms with Crippen molar-refractivity contribution in [2.45, 2.75) is 25.5 Å². The second-order valence-electron chi connectivity index (χ2n) is 4.80. The van der Waals surface area contributed by atoms with E-state index in [4.69, 9.17) is 17.3 Å². The van der Waals surface area contributed by atoms with Gasteiger partial charge in [0.25, 0.3) is 0 Å². The second-order valence-corrected chi connectivity index (χ2v) is 5.24. The Bertz CT molecular complexity index is 393. The predicted octanol–water partition coefficient (Wildman–Crippen LogP) is 1.88. The van der Waals surface area contributed by atoms with Gasteiger partial charge in [-0.3, -0.25) is 4.90 Å². The number of hydrogen-bond acceptors (Lipinski definition) is 3. The average molecular weight is 241 g/mol. The number of aliphatic hydroxyl groups is 1. The molecule has 3 nitrogen and oxygen atoms in total. The van der Waals surface area contributed by atoms with Crippen molar-refractivity contribution in [2.24, 2.45) is 0 Å². The molecule has 4 heteroatoms. The molecule has 0 aliphatic carbocycles. The zero-order valence-corrected chi connectivity index (χ0v) is 10.2. The Hall–Kier alpha value is -0.770. The van der Waals surface area contributed by atoms with Crippen molar-refractivity contribution < 1.29 is 5.11 Å². The van der Waals surface area contributed by atoms with E-state index in [1.165, 1.54) is 0 Å². The lowest BCUT2D eigenvalue weighted by molar-refractivity contribution is 0.0679. The molecule has 0 bridgehead atoms. The standard InChI is InChI=1S/C12H17ClN2O/c1-12(16)4-5-15(8-12)7-9-6-10(13)2-3-11(9)14/h2-3,6,16H,4-5,7-8,14H2,1H3. The van der Waals surface area contributed by atoms with E-state index in [1.807, 2.05) is 19.1 Å². The molecule has 1 atom stereocenters. The Morgan fingerprint density at radius 2 is 2.31 bits per heavy atom. The topological polar surface area (TPSA) is 49.5 Å². The SMILES string of the molecule is CC1(O)CCN(Cc2cc(Cl)ccc2N)C1. The summed E-state index contributed by atoms with van der Waals surface area (Å²) in [5.74, 6) is 0. The predicted molar refractivity (Wildman–Crippen MR) is 66.4 cm³/mol. The highest BCUT2D eigenvalue weighted by Gasteiger charge is 2.31. The summed E-state index contributed by atoms with van der Waals surface area (Å²) < 4.78 is 0. The molecule has 88 valence electrons. The maximum Gasteiger partial charge on any atom is 0.0758 e. The lowest BCUT2D eigenvalue weighted by atomic mass is 10.1. The zero-order chi connectivity index (χ0) is 11.8. The summed E-state index contributed by atoms with van der Waals surface area (Å²) in [6, 6.07) is 5.51. The number of β-amino-alcohol motifs (C(OH)–C–C–N with tert-alkyl or cyclic N) is 1. The van der Waals surface area contributed by atoms with Crippen LogP contribution in [0, 0.1) is 0 Å². The van der Waals surface area contributed by atoms with E-state index in [2.05, 4.69) is 4.90 Å². The molecule has 0 amide bonds. The van der Waals surface area contributed by atoms with Crippen molar-refractivity contribution in [2.75, 3.05) is 18.8 Å². The maximum absolute atomic E-state index is 9.87. The van der Waals surface area contributed by atoms with Crippen LogP contribution in [-0.4, -0.2) is 28.7 Å². The number of nitrogen functional groups attached to an aromatic ring is 1. The first kappa shape index (κ1) is 11.7. The fourth-order valence-electron chi connectivity index (χ4n) is 2.13. The van der Waals surface area contributed by atoms with E-state index in [1.54, 1.807) is 6.07 Å². The van der Waals surface area contributed by atoms with Gasteiger partial charge in [0.1, 0.15) is 0 Å². The molecule has 1 aromatic rings. The molecule has 1 aliphatic heterocycles. The van der Waals surface area contributed by atoms with Gasteiger partial charge in [-0.1, -0.05) is 11.6 Å². The van der Waals surface area contributed by atoms with Crippen molar-refractivity contribution in [1.82, 2.24) is 4.90 Å². The summed E-state index contributed by atoms with van der Waals surface area (Å²) in [5, 5.41) is 10.6. The van der Waals surface area contributed by atoms with Crippen LogP contribution in [0.1, 0.15) is 18.9 Å². The van der Waals surface area contributed by atoms with Crippen molar-refractivity contribution in [3.8, 4) is 0 Å². The Morgan fingerprint density at radius 3 is 2.94 bits per heavy atom. The van der Waals surface area contributed by atoms with Gasteiger partial charge in [0.05, 0.1) is 5.60 Å². The molecule has 1 heterocycles. The highest BCUT2D eigenvalue weighted by molar-refractivity contribution is 6.30. The third kappa shape index (κ3) is 2.67. The van der Waals surface area contributed by atoms with Gasteiger partial charge in [-0.2, -0.15) is 0 Å². The van der Waals surface area contributed by atoms with Crippen molar-refractivity contribution >= 4 is 17.3 Å². The molecule has 0 radical (unpaired) electrons. The van der Waals surface area contributed by atoms with Crippen LogP contribution in [-0.2, 0) is 6.54 Å². The average Bonchev–Trinajstić information content (AvgIpc) is 2.52. The van der Waals surface area contributed by atoms with Gasteiger partial charge in [0, 0.05) is 30.3 Å². The Kier molecular flexibility index (Phi) is 3.10. The van der Waals surface area contributed by atoms with Gasteiger partial charge in [-0.25, -0.2) is 0 Å². The molecule has 1 saturated heterocycles. The summed E-state index contributed by atoms with van der Waals surface area (Å²) in [4.78, 5) is 2.20. The molecule has 0 saturated carbocycles. The van der Waals surface area contributed by atoms with Crippen molar-refractivity contribution in [3.05, 3.63) is 28.8 Å². The van der Waals surface area contributed by atoms with E-state index >= 15 is 0 Å². The third-order valence-electron chi connectivity index (χ3n) is 3.03. The zero-order valence-electron chi connectivity index (χ0n) is 9.41. The number of halogens is 1. The Morgan fingerprint density at radius 1 is 1.56 bits per heavy atom. The van der Waals surface area contributed by atoms with Crippen LogP contribution < -0.4 is 5.73 Å². The monoisotopic (exact) mass is 240 g/mol. The van der Waals surface area contributed by atoms with Crippen molar-refractivity contribution in [3.63, 3.8) is 0 Å². The molecule has 3 N–H and O–H groups in total. The van der Waals surface area contributed by atoms with Gasteiger partial charge in [0.15, 0.2) is 0 Å². The smallest absolute Gasteiger partial charge is 0.0758 e. The molecular formula is C12H17ClN2O. The molecule has 1 unspecified atom stereocenters. The molecule has 1 fully saturated rings. The number of nitrogens with two attached hydrogens (primary N) is 1. The van der Waals surface area contributed by atoms with Crippen LogP contribution in [0.15, 0.2) is 18.2 Å². The maximum atomic E-state index is 9.87. The van der Waals surface area contributed by atoms with E-state index < -0.39 is 5.60 Å². The van der Waals surface area contributed by atoms with E-state index in [0.29, 0.717) is 11.6 Å². The summed E-state index contributed by atoms with van der Waals surface area (Å²) >= 11 is 5.93. The molecule has 16 heavy (non-hydrogen) atoms. The lowest BCUT2D eigenvalue weighted by Gasteiger charge is -2.19. The largest absolute Gasteiger partial charge is 0.398 e. The van der Waals surface area contributed by atoms with Crippen LogP contribution in [0.25, 0.3) is 0 Å². The highest BCUT2D eigenvalue weighted by Crippen LogP contribution is 2.25. The number of rotatable bonds is 2. The van der Waals surface area contributed by atoms with Crippen LogP contribution >= 0.6 is 11.6 Å². The summed E-state index contributed by atoms with van der Waals surface area (Å²) in [5.41, 5.74) is 7.12. The van der Waals surface area contributed by atoms with Crippen LogP contribution in [0.4, 0.5) is 5.69 Å². The molecule has 0 aromatic heterocycles. The third-order valence-corrected chi connectivity index (χ3v) is 3.26. The van der Waals surface area contributed by atoms with E-state index in [9.17, 15) is 5.11 Å². The first-order chi connectivity index (χ1) is 7.46. The second kappa shape index (κ2) is 4.24. The van der Waals surface area contributed by atoms with Gasteiger partial charge in [-0.05, 0) is 37.1 Å². The Labute approximate surface area is 101 Å². The normalized spacial score (nSPS) is 26.2. The van der Waals surface area contributed by atoms with Crippen LogP contribution in [0.3, 0.4) is 0 Å². The highest BCUT2D eigenvalue weighted by atomic mass is 35.5. The first-order valence-electron chi connectivity index (χ1n) is 5.45. The summed E-state index contributed by atoms with van der Waals surface area (Å²) in [6.07, 6.45) is 0.813. The summed E-state index contributed by atoms with van der Waals surface area (Å²) in [7, 11) is 0. The number of anilines is 1. The number of nitrogens with zero attached hydrogens (tertiary/aromatic N) is 1. The van der Waals surface area contributed by atoms with Gasteiger partial charge >= 0.3 is 0 Å². The number of benzene rings is 1. The minimum absolute atomic E-state index is 0.562. The van der Waals surface area contributed by atoms with Gasteiger partial charge in [0.2, 0.25) is 0 Å².